The molecular formula is C74H80F8N8O4S2. The third-order valence-corrected chi connectivity index (χ3v) is 16.8. The number of nitrogens with zero attached hydrogens (tertiary/aromatic N) is 8. The largest absolute Gasteiger partial charge is 0.416 e. The van der Waals surface area contributed by atoms with Gasteiger partial charge in [0.2, 0.25) is 11.8 Å². The van der Waals surface area contributed by atoms with E-state index in [9.17, 15) is 54.3 Å². The Morgan fingerprint density at radius 1 is 0.573 bits per heavy atom. The fourth-order valence-corrected chi connectivity index (χ4v) is 11.7. The number of rotatable bonds is 26. The molecule has 2 heterocycles. The zero-order chi connectivity index (χ0) is 90.2. The highest BCUT2D eigenvalue weighted by molar-refractivity contribution is 7.98. The van der Waals surface area contributed by atoms with Gasteiger partial charge in [-0.3, -0.25) is 19.2 Å². The third-order valence-electron chi connectivity index (χ3n) is 15.2. The van der Waals surface area contributed by atoms with E-state index in [1.165, 1.54) is 33.7 Å². The van der Waals surface area contributed by atoms with Crippen molar-refractivity contribution in [3.8, 4) is 22.3 Å². The lowest BCUT2D eigenvalue weighted by Crippen LogP contribution is -2.40. The molecule has 8 aromatic rings. The lowest BCUT2D eigenvalue weighted by molar-refractivity contribution is -0.138. The first-order valence-electron chi connectivity index (χ1n) is 41.7. The molecular weight excluding hydrogens is 1280 g/mol. The molecule has 1 unspecified atom stereocenters. The lowest BCUT2D eigenvalue weighted by atomic mass is 9.98. The predicted molar refractivity (Wildman–Crippen MR) is 362 cm³/mol. The van der Waals surface area contributed by atoms with Crippen molar-refractivity contribution in [1.82, 2.24) is 38.7 Å². The average Bonchev–Trinajstić information content (AvgIpc) is 1.52. The van der Waals surface area contributed by atoms with Crippen molar-refractivity contribution in [3.05, 3.63) is 233 Å². The van der Waals surface area contributed by atoms with Crippen LogP contribution in [-0.2, 0) is 85.1 Å². The van der Waals surface area contributed by atoms with Gasteiger partial charge >= 0.3 is 12.4 Å². The van der Waals surface area contributed by atoms with E-state index < -0.39 is 228 Å². The number of likely N-dealkylation sites (N-methyl/N-ethyl adjacent to an activating group) is 2. The summed E-state index contributed by atoms with van der Waals surface area (Å²) in [4.78, 5) is 67.7. The Kier molecular flexibility index (Phi) is 15.9. The van der Waals surface area contributed by atoms with E-state index in [1.54, 1.807) is 24.3 Å². The van der Waals surface area contributed by atoms with Crippen LogP contribution in [-0.4, -0.2) is 103 Å². The SMILES string of the molecule is [2H]C([2H])(Sc1nc(=O)c2c(n1CC(=O)N(CCN(C([2H])([2H])C)C([2H])([2H])C)Cc1ccc(-c3ccc(C(F)(F)F)cc3)cc1)C([2H])([2H])C([2H])(C)C2([2H])[2H])c1ccc(F)cc1.[2H]c1c([2H])c(-c2c([2H])c([2H])c(C(F)(F)F)c(C)c2[2H])c([2H])c([2H])c1CN(CCN(C([2H])([2H])C)C([2H])([2H])C)C(=O)Cn1c(SC([2H])([2H])c2ccc(F)cc2)nc(=O)c2c1CCC2. The van der Waals surface area contributed by atoms with Crippen LogP contribution in [0.1, 0.15) is 135 Å². The van der Waals surface area contributed by atoms with E-state index in [4.69, 9.17) is 32.9 Å². The number of halogens is 8. The smallest absolute Gasteiger partial charge is 0.336 e. The molecule has 1 atom stereocenters. The number of amides is 2. The van der Waals surface area contributed by atoms with Crippen molar-refractivity contribution < 1.29 is 77.6 Å². The maximum Gasteiger partial charge on any atom is 0.416 e. The Bertz CT molecular complexity index is 5250. The van der Waals surface area contributed by atoms with Crippen molar-refractivity contribution in [3.63, 3.8) is 0 Å². The van der Waals surface area contributed by atoms with Gasteiger partial charge in [0, 0.05) is 96.5 Å². The van der Waals surface area contributed by atoms with Crippen molar-refractivity contribution in [2.45, 2.75) is 134 Å². The van der Waals surface area contributed by atoms with E-state index in [0.717, 1.165) is 109 Å². The van der Waals surface area contributed by atoms with E-state index in [-0.39, 0.29) is 59.7 Å². The first kappa shape index (κ1) is 46.3. The topological polar surface area (TPSA) is 117 Å². The van der Waals surface area contributed by atoms with Gasteiger partial charge in [-0.05, 0) is 163 Å². The number of benzene rings is 6. The molecule has 2 aromatic heterocycles. The maximum absolute atomic E-state index is 14.6. The Balaban J connectivity index is 0.000000273. The van der Waals surface area contributed by atoms with E-state index in [1.807, 2.05) is 0 Å². The van der Waals surface area contributed by atoms with Crippen molar-refractivity contribution in [2.24, 2.45) is 5.89 Å². The minimum atomic E-state index is -5.12. The van der Waals surface area contributed by atoms with Gasteiger partial charge in [-0.15, -0.1) is 0 Å². The first-order valence-corrected chi connectivity index (χ1v) is 31.3. The minimum Gasteiger partial charge on any atom is -0.336 e. The summed E-state index contributed by atoms with van der Waals surface area (Å²) in [5, 5.41) is -0.790. The van der Waals surface area contributed by atoms with Gasteiger partial charge in [0.05, 0.1) is 20.7 Å². The molecule has 0 bridgehead atoms. The number of carbonyl (C=O) groups is 2. The molecule has 0 saturated carbocycles. The van der Waals surface area contributed by atoms with Gasteiger partial charge in [-0.25, -0.2) is 8.78 Å². The Labute approximate surface area is 597 Å². The monoisotopic (exact) mass is 1380 g/mol. The maximum atomic E-state index is 14.6. The van der Waals surface area contributed by atoms with Gasteiger partial charge in [-0.1, -0.05) is 155 Å². The van der Waals surface area contributed by atoms with E-state index in [0.29, 0.717) is 47.0 Å². The van der Waals surface area contributed by atoms with Crippen LogP contribution in [0.15, 0.2) is 159 Å². The molecule has 0 aliphatic heterocycles. The number of carbonyl (C=O) groups excluding carboxylic acids is 2. The zero-order valence-electron chi connectivity index (χ0n) is 76.6. The molecule has 96 heavy (non-hydrogen) atoms. The van der Waals surface area contributed by atoms with Gasteiger partial charge in [0.25, 0.3) is 11.1 Å². The van der Waals surface area contributed by atoms with Crippen molar-refractivity contribution in [2.75, 3.05) is 52.2 Å². The summed E-state index contributed by atoms with van der Waals surface area (Å²) >= 11 is 0.746. The van der Waals surface area contributed by atoms with Gasteiger partial charge in [-0.2, -0.15) is 36.3 Å². The molecule has 2 aliphatic carbocycles. The summed E-state index contributed by atoms with van der Waals surface area (Å²) in [6, 6.07) is 12.7. The van der Waals surface area contributed by atoms with Crippen LogP contribution in [0.3, 0.4) is 0 Å². The normalized spacial score (nSPS) is 20.0. The molecule has 2 amide bonds. The van der Waals surface area contributed by atoms with E-state index >= 15 is 0 Å². The second-order valence-electron chi connectivity index (χ2n) is 21.6. The van der Waals surface area contributed by atoms with Crippen LogP contribution in [0.25, 0.3) is 22.3 Å². The van der Waals surface area contributed by atoms with Crippen LogP contribution >= 0.6 is 23.5 Å². The number of hydrogen-bond donors (Lipinski definition) is 0. The first-order chi connectivity index (χ1) is 54.9. The van der Waals surface area contributed by atoms with Crippen LogP contribution in [0, 0.1) is 24.5 Å². The summed E-state index contributed by atoms with van der Waals surface area (Å²) in [5.74, 6) is -5.65. The standard InChI is InChI=1S/2C37H40F4N4O2S/c1-4-43(5-2)18-19-44(22-26-6-10-28(11-7-26)29-12-14-30(15-13-29)37(39,40)41)34(46)23-45-33-21-25(3)20-32(33)35(47)42-36(45)48-24-27-8-16-31(38)17-9-27;1-4-43(5-2)19-20-44(22-26-9-13-28(14-10-26)29-15-18-32(25(3)21-29)37(39,40)41)34(46)23-45-33-8-6-7-31(33)35(47)42-36(45)48-24-27-11-16-30(38)17-12-27/h6-17,25H,4-5,18-24H2,1-3H3;9-18,21H,4-8,19-20,22-24H2,1-3H3/i4D2,5D2,20D2,21D2,24D2,25D;4D2,5D2,9D,10D,13D,14D,15D,18D,21D,24D2. The van der Waals surface area contributed by atoms with Gasteiger partial charge in [0.1, 0.15) is 24.7 Å². The average molecular weight is 1390 g/mol. The molecule has 0 radical (unpaired) electrons. The molecule has 0 fully saturated rings. The molecule has 2 aliphatic rings. The molecule has 22 heteroatoms. The number of hydrogen-bond acceptors (Lipinski definition) is 10. The van der Waals surface area contributed by atoms with Crippen LogP contribution in [0.2, 0.25) is 0 Å². The number of aromatic nitrogens is 4. The van der Waals surface area contributed by atoms with Crippen LogP contribution in [0.5, 0.6) is 0 Å². The second kappa shape index (κ2) is 32.9. The van der Waals surface area contributed by atoms with Crippen LogP contribution < -0.4 is 11.1 Å². The molecule has 508 valence electrons. The summed E-state index contributed by atoms with van der Waals surface area (Å²) in [5.41, 5.74) is -11.4. The molecule has 0 N–H and O–H groups in total. The fraction of sp³-hybridized carbons (Fsp3) is 0.378. The lowest BCUT2D eigenvalue weighted by Gasteiger charge is -2.28. The molecule has 10 rings (SSSR count). The summed E-state index contributed by atoms with van der Waals surface area (Å²) in [6.45, 7) is -7.06. The van der Waals surface area contributed by atoms with Crippen molar-refractivity contribution in [1.29, 1.82) is 0 Å². The summed E-state index contributed by atoms with van der Waals surface area (Å²) < 4.78 is 316. The predicted octanol–water partition coefficient (Wildman–Crippen LogP) is 15.0. The summed E-state index contributed by atoms with van der Waals surface area (Å²) in [7, 11) is 0. The molecule has 0 spiro atoms. The van der Waals surface area contributed by atoms with Gasteiger partial charge in [0.15, 0.2) is 10.3 Å². The number of alkyl halides is 6. The van der Waals surface area contributed by atoms with Crippen molar-refractivity contribution >= 4 is 35.3 Å². The summed E-state index contributed by atoms with van der Waals surface area (Å²) in [6.07, 6.45) is -14.5. The van der Waals surface area contributed by atoms with Crippen LogP contribution in [0.4, 0.5) is 35.1 Å². The highest BCUT2D eigenvalue weighted by Gasteiger charge is 2.34. The molecule has 6 aromatic carbocycles. The highest BCUT2D eigenvalue weighted by atomic mass is 32.2. The molecule has 12 nitrogen and oxygen atoms in total. The Hall–Kier alpha value is -7.92. The third kappa shape index (κ3) is 19.0. The quantitative estimate of drug-likeness (QED) is 0.0295. The highest BCUT2D eigenvalue weighted by Crippen LogP contribution is 2.36. The Morgan fingerprint density at radius 3 is 1.52 bits per heavy atom. The number of thioether (sulfide) groups is 2. The zero-order valence-corrected chi connectivity index (χ0v) is 54.2. The van der Waals surface area contributed by atoms with Gasteiger partial charge < -0.3 is 28.7 Å². The fourth-order valence-electron chi connectivity index (χ4n) is 10.2. The Morgan fingerprint density at radius 2 is 1.03 bits per heavy atom. The minimum absolute atomic E-state index is 0.0168. The second-order valence-corrected chi connectivity index (χ2v) is 23.1. The molecule has 0 saturated heterocycles. The van der Waals surface area contributed by atoms with E-state index in [2.05, 4.69) is 9.97 Å². The number of fused-ring (bicyclic) bond motifs is 2.